The first-order valence-electron chi connectivity index (χ1n) is 8.64. The minimum absolute atomic E-state index is 0.276. The van der Waals surface area contributed by atoms with Gasteiger partial charge in [-0.2, -0.15) is 10.2 Å². The van der Waals surface area contributed by atoms with Gasteiger partial charge < -0.3 is 9.47 Å². The molecule has 7 nitrogen and oxygen atoms in total. The molecule has 3 rings (SSSR count). The maximum absolute atomic E-state index is 12.3. The third-order valence-corrected chi connectivity index (χ3v) is 4.40. The van der Waals surface area contributed by atoms with Crippen LogP contribution in [0.1, 0.15) is 16.1 Å². The molecular weight excluding hydrogens is 436 g/mol. The number of hydrogen-bond donors (Lipinski definition) is 2. The predicted molar refractivity (Wildman–Crippen MR) is 116 cm³/mol. The SMILES string of the molecule is COc1ccc(-c2cc(C(=O)NN=CC(Br)=Cc3ccccc3)[nH]n2)c(OC)c1. The Labute approximate surface area is 176 Å². The van der Waals surface area contributed by atoms with E-state index < -0.39 is 5.91 Å². The van der Waals surface area contributed by atoms with E-state index >= 15 is 0 Å². The lowest BCUT2D eigenvalue weighted by Crippen LogP contribution is -2.17. The first-order chi connectivity index (χ1) is 14.1. The molecule has 29 heavy (non-hydrogen) atoms. The van der Waals surface area contributed by atoms with Crippen molar-refractivity contribution in [1.82, 2.24) is 15.6 Å². The van der Waals surface area contributed by atoms with Crippen molar-refractivity contribution >= 4 is 34.1 Å². The number of carbonyl (C=O) groups is 1. The summed E-state index contributed by atoms with van der Waals surface area (Å²) in [7, 11) is 3.15. The van der Waals surface area contributed by atoms with Gasteiger partial charge in [-0.1, -0.05) is 30.3 Å². The van der Waals surface area contributed by atoms with Gasteiger partial charge in [0.15, 0.2) is 0 Å². The number of aromatic amines is 1. The number of nitrogens with zero attached hydrogens (tertiary/aromatic N) is 2. The van der Waals surface area contributed by atoms with E-state index in [9.17, 15) is 4.79 Å². The molecule has 0 atom stereocenters. The van der Waals surface area contributed by atoms with E-state index in [0.717, 1.165) is 15.6 Å². The van der Waals surface area contributed by atoms with Crippen molar-refractivity contribution in [3.8, 4) is 22.8 Å². The number of hydrogen-bond acceptors (Lipinski definition) is 5. The lowest BCUT2D eigenvalue weighted by atomic mass is 10.1. The summed E-state index contributed by atoms with van der Waals surface area (Å²) in [5.41, 5.74) is 5.07. The van der Waals surface area contributed by atoms with Gasteiger partial charge in [0.2, 0.25) is 0 Å². The highest BCUT2D eigenvalue weighted by Gasteiger charge is 2.14. The molecule has 2 aromatic carbocycles. The second kappa shape index (κ2) is 9.70. The standard InChI is InChI=1S/C21H19BrN4O3/c1-28-16-8-9-17(20(11-16)29-2)18-12-19(25-24-18)21(27)26-23-13-15(22)10-14-6-4-3-5-7-14/h3-13H,1-2H3,(H,24,25)(H,26,27). The molecule has 0 saturated carbocycles. The maximum Gasteiger partial charge on any atom is 0.289 e. The molecule has 0 aliphatic rings. The first kappa shape index (κ1) is 20.3. The molecule has 1 aromatic heterocycles. The minimum atomic E-state index is -0.410. The smallest absolute Gasteiger partial charge is 0.289 e. The molecule has 1 heterocycles. The minimum Gasteiger partial charge on any atom is -0.497 e. The summed E-state index contributed by atoms with van der Waals surface area (Å²) < 4.78 is 11.3. The number of ether oxygens (including phenoxy) is 2. The molecule has 148 valence electrons. The number of nitrogens with one attached hydrogen (secondary N) is 2. The van der Waals surface area contributed by atoms with E-state index in [1.165, 1.54) is 6.21 Å². The van der Waals surface area contributed by atoms with Crippen molar-refractivity contribution in [2.75, 3.05) is 14.2 Å². The van der Waals surface area contributed by atoms with Crippen molar-refractivity contribution < 1.29 is 14.3 Å². The second-order valence-corrected chi connectivity index (χ2v) is 6.79. The van der Waals surface area contributed by atoms with Gasteiger partial charge >= 0.3 is 0 Å². The molecule has 2 N–H and O–H groups in total. The number of halogens is 1. The molecule has 3 aromatic rings. The largest absolute Gasteiger partial charge is 0.497 e. The second-order valence-electron chi connectivity index (χ2n) is 5.87. The number of methoxy groups -OCH3 is 2. The number of amides is 1. The van der Waals surface area contributed by atoms with Gasteiger partial charge in [-0.05, 0) is 45.8 Å². The van der Waals surface area contributed by atoms with Gasteiger partial charge in [0, 0.05) is 16.1 Å². The monoisotopic (exact) mass is 454 g/mol. The summed E-state index contributed by atoms with van der Waals surface area (Å²) in [6.45, 7) is 0. The topological polar surface area (TPSA) is 88.6 Å². The normalized spacial score (nSPS) is 11.5. The molecule has 8 heteroatoms. The van der Waals surface area contributed by atoms with Crippen LogP contribution in [-0.4, -0.2) is 36.5 Å². The summed E-state index contributed by atoms with van der Waals surface area (Å²) in [4.78, 5) is 12.3. The van der Waals surface area contributed by atoms with E-state index in [2.05, 4.69) is 36.7 Å². The van der Waals surface area contributed by atoms with Crippen LogP contribution in [0.3, 0.4) is 0 Å². The molecule has 0 aliphatic carbocycles. The molecule has 0 saturated heterocycles. The van der Waals surface area contributed by atoms with Gasteiger partial charge in [0.25, 0.3) is 5.91 Å². The number of carbonyl (C=O) groups excluding carboxylic acids is 1. The van der Waals surface area contributed by atoms with E-state index in [4.69, 9.17) is 9.47 Å². The Hall–Kier alpha value is -3.39. The van der Waals surface area contributed by atoms with Gasteiger partial charge in [-0.3, -0.25) is 9.89 Å². The zero-order valence-electron chi connectivity index (χ0n) is 15.8. The van der Waals surface area contributed by atoms with Gasteiger partial charge in [-0.25, -0.2) is 5.43 Å². The highest BCUT2D eigenvalue weighted by atomic mass is 79.9. The molecule has 0 spiro atoms. The molecule has 0 unspecified atom stereocenters. The summed E-state index contributed by atoms with van der Waals surface area (Å²) in [6.07, 6.45) is 3.40. The van der Waals surface area contributed by atoms with E-state index in [1.54, 1.807) is 32.4 Å². The van der Waals surface area contributed by atoms with Crippen LogP contribution in [0.25, 0.3) is 17.3 Å². The Morgan fingerprint density at radius 2 is 1.93 bits per heavy atom. The van der Waals surface area contributed by atoms with E-state index in [0.29, 0.717) is 17.2 Å². The van der Waals surface area contributed by atoms with Crippen LogP contribution in [0, 0.1) is 0 Å². The third kappa shape index (κ3) is 5.32. The fourth-order valence-electron chi connectivity index (χ4n) is 2.54. The van der Waals surface area contributed by atoms with Gasteiger partial charge in [-0.15, -0.1) is 0 Å². The van der Waals surface area contributed by atoms with Crippen LogP contribution < -0.4 is 14.9 Å². The Morgan fingerprint density at radius 3 is 2.66 bits per heavy atom. The third-order valence-electron chi connectivity index (χ3n) is 3.97. The van der Waals surface area contributed by atoms with Crippen LogP contribution in [-0.2, 0) is 0 Å². The van der Waals surface area contributed by atoms with Crippen molar-refractivity contribution in [1.29, 1.82) is 0 Å². The van der Waals surface area contributed by atoms with Gasteiger partial charge in [0.1, 0.15) is 17.2 Å². The average Bonchev–Trinajstić information content (AvgIpc) is 3.24. The molecule has 0 fully saturated rings. The average molecular weight is 455 g/mol. The highest BCUT2D eigenvalue weighted by Crippen LogP contribution is 2.32. The molecule has 1 amide bonds. The fraction of sp³-hybridized carbons (Fsp3) is 0.0952. The van der Waals surface area contributed by atoms with Crippen molar-refractivity contribution in [3.05, 3.63) is 70.3 Å². The first-order valence-corrected chi connectivity index (χ1v) is 9.43. The van der Waals surface area contributed by atoms with Crippen LogP contribution in [0.4, 0.5) is 0 Å². The Balaban J connectivity index is 1.68. The van der Waals surface area contributed by atoms with E-state index in [-0.39, 0.29) is 5.69 Å². The Kier molecular flexibility index (Phi) is 6.80. The molecular formula is C21H19BrN4O3. The summed E-state index contributed by atoms with van der Waals surface area (Å²) in [6, 6.07) is 16.8. The molecule has 0 aliphatic heterocycles. The maximum atomic E-state index is 12.3. The lowest BCUT2D eigenvalue weighted by Gasteiger charge is -2.08. The summed E-state index contributed by atoms with van der Waals surface area (Å²) in [5.74, 6) is 0.853. The predicted octanol–water partition coefficient (Wildman–Crippen LogP) is 4.25. The van der Waals surface area contributed by atoms with Crippen molar-refractivity contribution in [2.24, 2.45) is 5.10 Å². The van der Waals surface area contributed by atoms with Crippen LogP contribution >= 0.6 is 15.9 Å². The molecule has 0 bridgehead atoms. The van der Waals surface area contributed by atoms with Crippen molar-refractivity contribution in [2.45, 2.75) is 0 Å². The highest BCUT2D eigenvalue weighted by molar-refractivity contribution is 9.12. The number of hydrazone groups is 1. The number of rotatable bonds is 7. The Bertz CT molecular complexity index is 1050. The van der Waals surface area contributed by atoms with E-state index in [1.807, 2.05) is 42.5 Å². The number of benzene rings is 2. The number of aromatic nitrogens is 2. The lowest BCUT2D eigenvalue weighted by molar-refractivity contribution is 0.0950. The van der Waals surface area contributed by atoms with Crippen LogP contribution in [0.2, 0.25) is 0 Å². The van der Waals surface area contributed by atoms with Crippen LogP contribution in [0.5, 0.6) is 11.5 Å². The summed E-state index contributed by atoms with van der Waals surface area (Å²) >= 11 is 3.40. The molecule has 0 radical (unpaired) electrons. The summed E-state index contributed by atoms with van der Waals surface area (Å²) in [5, 5.41) is 10.9. The zero-order valence-corrected chi connectivity index (χ0v) is 17.4. The quantitative estimate of drug-likeness (QED) is 0.412. The van der Waals surface area contributed by atoms with Crippen molar-refractivity contribution in [3.63, 3.8) is 0 Å². The zero-order chi connectivity index (χ0) is 20.6. The fourth-order valence-corrected chi connectivity index (χ4v) is 2.91. The van der Waals surface area contributed by atoms with Gasteiger partial charge in [0.05, 0.1) is 26.1 Å². The number of H-pyrrole nitrogens is 1. The Morgan fingerprint density at radius 1 is 1.14 bits per heavy atom. The van der Waals surface area contributed by atoms with Crippen LogP contribution in [0.15, 0.2) is 64.2 Å². The number of allylic oxidation sites excluding steroid dienone is 1.